The average molecular weight is 205 g/mol. The van der Waals surface area contributed by atoms with Gasteiger partial charge >= 0.3 is 0 Å². The van der Waals surface area contributed by atoms with E-state index in [1.54, 1.807) is 0 Å². The van der Waals surface area contributed by atoms with E-state index in [-0.39, 0.29) is 11.4 Å². The predicted octanol–water partition coefficient (Wildman–Crippen LogP) is -1.07. The van der Waals surface area contributed by atoms with Crippen molar-refractivity contribution in [3.05, 3.63) is 30.0 Å². The zero-order valence-electron chi connectivity index (χ0n) is 7.54. The minimum absolute atomic E-state index is 0.0444. The number of carbonyl (C=O) groups is 2. The van der Waals surface area contributed by atoms with E-state index in [2.05, 4.69) is 9.97 Å². The second-order valence-electron chi connectivity index (χ2n) is 2.87. The summed E-state index contributed by atoms with van der Waals surface area (Å²) in [6.45, 7) is 0. The maximum atomic E-state index is 11.0. The average Bonchev–Trinajstić information content (AvgIpc) is 2.59. The predicted molar refractivity (Wildman–Crippen MR) is 50.0 cm³/mol. The van der Waals surface area contributed by atoms with Crippen molar-refractivity contribution in [2.24, 2.45) is 11.5 Å². The summed E-state index contributed by atoms with van der Waals surface area (Å²) < 4.78 is 1.37. The van der Waals surface area contributed by atoms with Crippen LogP contribution in [0.2, 0.25) is 0 Å². The first-order valence-electron chi connectivity index (χ1n) is 4.02. The molecule has 7 heteroatoms. The molecule has 4 N–H and O–H groups in total. The SMILES string of the molecule is NC(=O)c1cn2c(C(N)=O)cnc2cn1. The van der Waals surface area contributed by atoms with E-state index in [4.69, 9.17) is 11.5 Å². The summed E-state index contributed by atoms with van der Waals surface area (Å²) in [5.74, 6) is -1.31. The molecule has 76 valence electrons. The zero-order valence-corrected chi connectivity index (χ0v) is 7.54. The second-order valence-corrected chi connectivity index (χ2v) is 2.87. The summed E-state index contributed by atoms with van der Waals surface area (Å²) in [5, 5.41) is 0. The Morgan fingerprint density at radius 2 is 1.87 bits per heavy atom. The molecule has 0 aromatic carbocycles. The van der Waals surface area contributed by atoms with Crippen LogP contribution < -0.4 is 11.5 Å². The van der Waals surface area contributed by atoms with Gasteiger partial charge in [0.05, 0.1) is 12.4 Å². The van der Waals surface area contributed by atoms with Crippen LogP contribution in [0.5, 0.6) is 0 Å². The van der Waals surface area contributed by atoms with E-state index in [0.29, 0.717) is 5.65 Å². The summed E-state index contributed by atoms with van der Waals surface area (Å²) in [6.07, 6.45) is 3.97. The van der Waals surface area contributed by atoms with Gasteiger partial charge in [-0.25, -0.2) is 9.97 Å². The molecular weight excluding hydrogens is 198 g/mol. The van der Waals surface area contributed by atoms with Gasteiger partial charge in [-0.1, -0.05) is 0 Å². The standard InChI is InChI=1S/C8H7N5O2/c9-7(14)4-3-13-5(8(10)15)1-12-6(13)2-11-4/h1-3H,(H2,9,14)(H2,10,15). The highest BCUT2D eigenvalue weighted by atomic mass is 16.1. The van der Waals surface area contributed by atoms with E-state index >= 15 is 0 Å². The molecule has 15 heavy (non-hydrogen) atoms. The molecule has 2 rings (SSSR count). The van der Waals surface area contributed by atoms with Gasteiger partial charge in [-0.3, -0.25) is 14.0 Å². The Hall–Kier alpha value is -2.44. The van der Waals surface area contributed by atoms with Crippen molar-refractivity contribution in [2.45, 2.75) is 0 Å². The first-order valence-corrected chi connectivity index (χ1v) is 4.02. The van der Waals surface area contributed by atoms with Gasteiger partial charge < -0.3 is 11.5 Å². The Bertz CT molecular complexity index is 559. The maximum absolute atomic E-state index is 11.0. The second kappa shape index (κ2) is 3.05. The lowest BCUT2D eigenvalue weighted by molar-refractivity contribution is 0.0983. The molecule has 0 saturated carbocycles. The van der Waals surface area contributed by atoms with Crippen molar-refractivity contribution in [1.82, 2.24) is 14.4 Å². The number of fused-ring (bicyclic) bond motifs is 1. The van der Waals surface area contributed by atoms with E-state index < -0.39 is 11.8 Å². The lowest BCUT2D eigenvalue weighted by Gasteiger charge is -1.98. The van der Waals surface area contributed by atoms with Crippen molar-refractivity contribution in [1.29, 1.82) is 0 Å². The van der Waals surface area contributed by atoms with Crippen molar-refractivity contribution < 1.29 is 9.59 Å². The number of rotatable bonds is 2. The van der Waals surface area contributed by atoms with Crippen LogP contribution in [0.3, 0.4) is 0 Å². The van der Waals surface area contributed by atoms with Crippen LogP contribution in [0.25, 0.3) is 5.65 Å². The number of hydrogen-bond acceptors (Lipinski definition) is 4. The molecule has 2 amide bonds. The molecule has 0 radical (unpaired) electrons. The number of nitrogens with two attached hydrogens (primary N) is 2. The van der Waals surface area contributed by atoms with Crippen LogP contribution in [0.15, 0.2) is 18.6 Å². The van der Waals surface area contributed by atoms with Crippen LogP contribution >= 0.6 is 0 Å². The summed E-state index contributed by atoms with van der Waals surface area (Å²) >= 11 is 0. The van der Waals surface area contributed by atoms with Crippen LogP contribution in [0, 0.1) is 0 Å². The fourth-order valence-corrected chi connectivity index (χ4v) is 1.20. The van der Waals surface area contributed by atoms with Crippen LogP contribution in [0.4, 0.5) is 0 Å². The number of imidazole rings is 1. The first-order chi connectivity index (χ1) is 7.09. The van der Waals surface area contributed by atoms with Crippen LogP contribution in [-0.4, -0.2) is 26.2 Å². The topological polar surface area (TPSA) is 116 Å². The summed E-state index contributed by atoms with van der Waals surface area (Å²) in [4.78, 5) is 29.5. The largest absolute Gasteiger partial charge is 0.364 e. The van der Waals surface area contributed by atoms with Gasteiger partial charge in [0, 0.05) is 6.20 Å². The van der Waals surface area contributed by atoms with Gasteiger partial charge in [0.1, 0.15) is 11.4 Å². The first kappa shape index (κ1) is 9.13. The smallest absolute Gasteiger partial charge is 0.268 e. The van der Waals surface area contributed by atoms with E-state index in [1.165, 1.54) is 23.0 Å². The Morgan fingerprint density at radius 1 is 1.13 bits per heavy atom. The molecule has 0 aliphatic rings. The Kier molecular flexibility index (Phi) is 1.86. The van der Waals surface area contributed by atoms with Gasteiger partial charge in [-0.2, -0.15) is 0 Å². The number of nitrogens with zero attached hydrogens (tertiary/aromatic N) is 3. The monoisotopic (exact) mass is 205 g/mol. The molecular formula is C8H7N5O2. The van der Waals surface area contributed by atoms with Crippen molar-refractivity contribution in [3.63, 3.8) is 0 Å². The highest BCUT2D eigenvalue weighted by molar-refractivity contribution is 5.93. The van der Waals surface area contributed by atoms with E-state index in [9.17, 15) is 9.59 Å². The van der Waals surface area contributed by atoms with Crippen molar-refractivity contribution in [3.8, 4) is 0 Å². The van der Waals surface area contributed by atoms with Crippen LogP contribution in [-0.2, 0) is 0 Å². The molecule has 2 aromatic heterocycles. The molecule has 0 fully saturated rings. The Balaban J connectivity index is 2.72. The Labute approximate surface area is 83.7 Å². The lowest BCUT2D eigenvalue weighted by atomic mass is 10.4. The zero-order chi connectivity index (χ0) is 11.0. The van der Waals surface area contributed by atoms with Gasteiger partial charge in [0.25, 0.3) is 11.8 Å². The lowest BCUT2D eigenvalue weighted by Crippen LogP contribution is -2.17. The number of carbonyl (C=O) groups excluding carboxylic acids is 2. The molecule has 0 spiro atoms. The third-order valence-corrected chi connectivity index (χ3v) is 1.90. The molecule has 0 saturated heterocycles. The molecule has 0 aliphatic carbocycles. The van der Waals surface area contributed by atoms with Crippen LogP contribution in [0.1, 0.15) is 21.0 Å². The Morgan fingerprint density at radius 3 is 2.47 bits per heavy atom. The minimum atomic E-state index is -0.680. The van der Waals surface area contributed by atoms with E-state index in [0.717, 1.165) is 0 Å². The van der Waals surface area contributed by atoms with E-state index in [1.807, 2.05) is 0 Å². The molecule has 0 bridgehead atoms. The fraction of sp³-hybridized carbons (Fsp3) is 0. The summed E-state index contributed by atoms with van der Waals surface area (Å²) in [7, 11) is 0. The van der Waals surface area contributed by atoms with Gasteiger partial charge in [0.2, 0.25) is 0 Å². The number of primary amides is 2. The van der Waals surface area contributed by atoms with Gasteiger partial charge in [-0.15, -0.1) is 0 Å². The summed E-state index contributed by atoms with van der Waals surface area (Å²) in [5.41, 5.74) is 10.8. The molecule has 0 atom stereocenters. The minimum Gasteiger partial charge on any atom is -0.364 e. The van der Waals surface area contributed by atoms with Gasteiger partial charge in [-0.05, 0) is 0 Å². The number of hydrogen-bond donors (Lipinski definition) is 2. The normalized spacial score (nSPS) is 10.4. The molecule has 0 unspecified atom stereocenters. The van der Waals surface area contributed by atoms with Crippen molar-refractivity contribution >= 4 is 17.5 Å². The summed E-state index contributed by atoms with van der Waals surface area (Å²) in [6, 6.07) is 0. The fourth-order valence-electron chi connectivity index (χ4n) is 1.20. The molecule has 2 heterocycles. The highest BCUT2D eigenvalue weighted by Gasteiger charge is 2.10. The third kappa shape index (κ3) is 1.39. The molecule has 2 aromatic rings. The number of amides is 2. The quantitative estimate of drug-likeness (QED) is 0.648. The molecule has 7 nitrogen and oxygen atoms in total. The van der Waals surface area contributed by atoms with Crippen molar-refractivity contribution in [2.75, 3.05) is 0 Å². The molecule has 0 aliphatic heterocycles. The highest BCUT2D eigenvalue weighted by Crippen LogP contribution is 2.05. The number of aromatic nitrogens is 3. The third-order valence-electron chi connectivity index (χ3n) is 1.90. The maximum Gasteiger partial charge on any atom is 0.268 e. The van der Waals surface area contributed by atoms with Gasteiger partial charge in [0.15, 0.2) is 5.65 Å².